The molecule has 2 nitrogen and oxygen atoms in total. The third-order valence-electron chi connectivity index (χ3n) is 2.85. The summed E-state index contributed by atoms with van der Waals surface area (Å²) >= 11 is 10.3. The van der Waals surface area contributed by atoms with Gasteiger partial charge in [0.1, 0.15) is 5.75 Å². The Kier molecular flexibility index (Phi) is 5.41. The molecule has 2 aromatic rings. The van der Waals surface area contributed by atoms with Gasteiger partial charge in [-0.05, 0) is 23.8 Å². The first kappa shape index (κ1) is 15.7. The van der Waals surface area contributed by atoms with E-state index in [0.29, 0.717) is 5.56 Å². The molecule has 2 unspecified atom stereocenters. The summed E-state index contributed by atoms with van der Waals surface area (Å²) in [6.07, 6.45) is 0. The Bertz CT molecular complexity index is 614. The van der Waals surface area contributed by atoms with Crippen LogP contribution in [-0.4, -0.2) is 15.7 Å². The predicted octanol–water partition coefficient (Wildman–Crippen LogP) is 5.24. The van der Waals surface area contributed by atoms with Gasteiger partial charge in [-0.1, -0.05) is 78.1 Å². The van der Waals surface area contributed by atoms with E-state index >= 15 is 0 Å². The highest BCUT2D eigenvalue weighted by Gasteiger charge is 2.27. The monoisotopic (exact) mass is 460 g/mol. The maximum atomic E-state index is 12.5. The fourth-order valence-electron chi connectivity index (χ4n) is 1.79. The number of hydrogen-bond donors (Lipinski definition) is 1. The molecule has 0 saturated carbocycles. The lowest BCUT2D eigenvalue weighted by Crippen LogP contribution is -2.19. The smallest absolute Gasteiger partial charge is 0.181 e. The minimum atomic E-state index is -0.468. The van der Waals surface area contributed by atoms with E-state index in [9.17, 15) is 9.90 Å². The van der Waals surface area contributed by atoms with E-state index in [1.54, 1.807) is 12.1 Å². The highest BCUT2D eigenvalue weighted by atomic mass is 79.9. The normalized spacial score (nSPS) is 13.8. The zero-order valence-electron chi connectivity index (χ0n) is 10.3. The van der Waals surface area contributed by atoms with Gasteiger partial charge in [-0.15, -0.1) is 0 Å². The number of carbonyl (C=O) groups is 1. The topological polar surface area (TPSA) is 37.3 Å². The fourth-order valence-corrected chi connectivity index (χ4v) is 3.25. The van der Waals surface area contributed by atoms with Gasteiger partial charge >= 0.3 is 0 Å². The van der Waals surface area contributed by atoms with Crippen LogP contribution >= 0.6 is 47.8 Å². The summed E-state index contributed by atoms with van der Waals surface area (Å²) < 4.78 is 0.754. The standard InChI is InChI=1S/C15H11Br3O2/c16-10-6-7-12(19)11(8-10)15(20)14(18)13(17)9-4-2-1-3-5-9/h1-8,13-14,19H. The van der Waals surface area contributed by atoms with Crippen molar-refractivity contribution in [2.45, 2.75) is 9.65 Å². The number of aromatic hydroxyl groups is 1. The number of phenols is 1. The summed E-state index contributed by atoms with van der Waals surface area (Å²) in [5.74, 6) is -0.190. The van der Waals surface area contributed by atoms with Crippen LogP contribution in [0.25, 0.3) is 0 Å². The van der Waals surface area contributed by atoms with Crippen molar-refractivity contribution >= 4 is 53.6 Å². The van der Waals surface area contributed by atoms with Gasteiger partial charge in [0.2, 0.25) is 0 Å². The molecule has 0 saturated heterocycles. The van der Waals surface area contributed by atoms with Crippen molar-refractivity contribution in [2.75, 3.05) is 0 Å². The van der Waals surface area contributed by atoms with Gasteiger partial charge in [0.05, 0.1) is 15.2 Å². The van der Waals surface area contributed by atoms with Crippen LogP contribution in [0.15, 0.2) is 53.0 Å². The van der Waals surface area contributed by atoms with E-state index in [-0.39, 0.29) is 16.4 Å². The van der Waals surface area contributed by atoms with E-state index in [0.717, 1.165) is 10.0 Å². The first-order valence-corrected chi connectivity index (χ1v) is 8.49. The van der Waals surface area contributed by atoms with Gasteiger partial charge in [0.15, 0.2) is 5.78 Å². The molecule has 2 rings (SSSR count). The Morgan fingerprint density at radius 1 is 1.05 bits per heavy atom. The number of phenolic OH excluding ortho intramolecular Hbond substituents is 1. The van der Waals surface area contributed by atoms with Crippen LogP contribution in [0.1, 0.15) is 20.7 Å². The maximum Gasteiger partial charge on any atom is 0.181 e. The van der Waals surface area contributed by atoms with Gasteiger partial charge in [-0.25, -0.2) is 0 Å². The van der Waals surface area contributed by atoms with Gasteiger partial charge in [-0.3, -0.25) is 4.79 Å². The van der Waals surface area contributed by atoms with Crippen molar-refractivity contribution in [3.05, 3.63) is 64.1 Å². The lowest BCUT2D eigenvalue weighted by atomic mass is 10.0. The van der Waals surface area contributed by atoms with Crippen LogP contribution in [0, 0.1) is 0 Å². The summed E-state index contributed by atoms with van der Waals surface area (Å²) in [6.45, 7) is 0. The minimum Gasteiger partial charge on any atom is -0.507 e. The average molecular weight is 463 g/mol. The molecule has 104 valence electrons. The minimum absolute atomic E-state index is 0.0181. The zero-order valence-corrected chi connectivity index (χ0v) is 15.0. The Labute approximate surface area is 142 Å². The van der Waals surface area contributed by atoms with Crippen molar-refractivity contribution in [3.8, 4) is 5.75 Å². The summed E-state index contributed by atoms with van der Waals surface area (Å²) in [5, 5.41) is 9.83. The second kappa shape index (κ2) is 6.87. The van der Waals surface area contributed by atoms with Gasteiger partial charge < -0.3 is 5.11 Å². The van der Waals surface area contributed by atoms with E-state index in [1.165, 1.54) is 6.07 Å². The highest BCUT2D eigenvalue weighted by Crippen LogP contribution is 2.35. The van der Waals surface area contributed by atoms with E-state index < -0.39 is 4.83 Å². The number of hydrogen-bond acceptors (Lipinski definition) is 2. The molecular weight excluding hydrogens is 452 g/mol. The molecule has 0 aliphatic heterocycles. The predicted molar refractivity (Wildman–Crippen MR) is 91.0 cm³/mol. The Hall–Kier alpha value is -0.650. The molecule has 0 amide bonds. The Morgan fingerprint density at radius 2 is 1.70 bits per heavy atom. The molecule has 0 bridgehead atoms. The first-order chi connectivity index (χ1) is 9.50. The zero-order chi connectivity index (χ0) is 14.7. The van der Waals surface area contributed by atoms with E-state index in [4.69, 9.17) is 0 Å². The Morgan fingerprint density at radius 3 is 2.35 bits per heavy atom. The van der Waals surface area contributed by atoms with Crippen LogP contribution in [0.2, 0.25) is 0 Å². The van der Waals surface area contributed by atoms with Gasteiger partial charge in [0.25, 0.3) is 0 Å². The van der Waals surface area contributed by atoms with Crippen LogP contribution in [-0.2, 0) is 0 Å². The van der Waals surface area contributed by atoms with Crippen molar-refractivity contribution < 1.29 is 9.90 Å². The highest BCUT2D eigenvalue weighted by molar-refractivity contribution is 9.12. The summed E-state index contributed by atoms with van der Waals surface area (Å²) in [6, 6.07) is 14.5. The quantitative estimate of drug-likeness (QED) is 0.498. The average Bonchev–Trinajstić information content (AvgIpc) is 2.48. The molecule has 0 spiro atoms. The number of ketones is 1. The van der Waals surface area contributed by atoms with Gasteiger partial charge in [-0.2, -0.15) is 0 Å². The van der Waals surface area contributed by atoms with Crippen LogP contribution in [0.3, 0.4) is 0 Å². The first-order valence-electron chi connectivity index (χ1n) is 5.86. The summed E-state index contributed by atoms with van der Waals surface area (Å²) in [7, 11) is 0. The summed E-state index contributed by atoms with van der Waals surface area (Å²) in [5.41, 5.74) is 1.29. The molecule has 0 fully saturated rings. The number of alkyl halides is 2. The van der Waals surface area contributed by atoms with Crippen molar-refractivity contribution in [1.29, 1.82) is 0 Å². The SMILES string of the molecule is O=C(c1cc(Br)ccc1O)C(Br)C(Br)c1ccccc1. The maximum absolute atomic E-state index is 12.5. The lowest BCUT2D eigenvalue weighted by molar-refractivity contribution is 0.0988. The molecule has 1 N–H and O–H groups in total. The molecule has 0 aliphatic carbocycles. The van der Waals surface area contributed by atoms with Crippen molar-refractivity contribution in [3.63, 3.8) is 0 Å². The third kappa shape index (κ3) is 3.51. The molecule has 0 aliphatic rings. The van der Waals surface area contributed by atoms with Crippen molar-refractivity contribution in [2.24, 2.45) is 0 Å². The van der Waals surface area contributed by atoms with Gasteiger partial charge in [0, 0.05) is 4.47 Å². The third-order valence-corrected chi connectivity index (χ3v) is 6.05. The second-order valence-corrected chi connectivity index (χ2v) is 7.13. The summed E-state index contributed by atoms with van der Waals surface area (Å²) in [4.78, 5) is 11.8. The second-order valence-electron chi connectivity index (χ2n) is 4.24. The molecule has 0 radical (unpaired) electrons. The number of carbonyl (C=O) groups excluding carboxylic acids is 1. The number of benzene rings is 2. The largest absolute Gasteiger partial charge is 0.507 e. The molecule has 2 aromatic carbocycles. The molecule has 5 heteroatoms. The Balaban J connectivity index is 2.27. The number of Topliss-reactive ketones (excluding diaryl/α,β-unsaturated/α-hetero) is 1. The molecule has 2 atom stereocenters. The molecule has 0 heterocycles. The number of rotatable bonds is 4. The van der Waals surface area contributed by atoms with Crippen LogP contribution in [0.5, 0.6) is 5.75 Å². The molecule has 0 aromatic heterocycles. The lowest BCUT2D eigenvalue weighted by Gasteiger charge is -2.17. The van der Waals surface area contributed by atoms with Crippen LogP contribution < -0.4 is 0 Å². The van der Waals surface area contributed by atoms with Crippen LogP contribution in [0.4, 0.5) is 0 Å². The molecule has 20 heavy (non-hydrogen) atoms. The van der Waals surface area contributed by atoms with E-state index in [1.807, 2.05) is 30.3 Å². The van der Waals surface area contributed by atoms with E-state index in [2.05, 4.69) is 47.8 Å². The fraction of sp³-hybridized carbons (Fsp3) is 0.133. The van der Waals surface area contributed by atoms with Crippen molar-refractivity contribution in [1.82, 2.24) is 0 Å². The number of halogens is 3. The molecular formula is C15H11Br3O2.